The molecule has 0 saturated carbocycles. The molecule has 0 aromatic carbocycles. The molecule has 6 heteroatoms. The highest BCUT2D eigenvalue weighted by molar-refractivity contribution is 5.80. The van der Waals surface area contributed by atoms with Gasteiger partial charge >= 0.3 is 0 Å². The molecule has 3 heterocycles. The summed E-state index contributed by atoms with van der Waals surface area (Å²) in [4.78, 5) is 6.77. The maximum atomic E-state index is 6.11. The molecule has 1 unspecified atom stereocenters. The summed E-state index contributed by atoms with van der Waals surface area (Å²) in [7, 11) is 1.85. The topological polar surface area (TPSA) is 59.2 Å². The highest BCUT2D eigenvalue weighted by atomic mass is 16.5. The summed E-state index contributed by atoms with van der Waals surface area (Å²) in [5, 5.41) is 3.46. The normalized spacial score (nSPS) is 22.7. The van der Waals surface area contributed by atoms with Crippen LogP contribution in [0.2, 0.25) is 0 Å². The number of nitrogens with one attached hydrogen (secondary N) is 1. The van der Waals surface area contributed by atoms with Gasteiger partial charge in [0.05, 0.1) is 18.8 Å². The standard InChI is InChI=1S/C20H33N3O3/c1-15-12-17(16(2)26-15)13-22-20(21-3)23-9-7-18(8-10-23)25-14-19-6-4-5-11-24-19/h12,18-19H,4-11,13-14H2,1-3H3,(H,21,22). The van der Waals surface area contributed by atoms with Crippen LogP contribution in [-0.2, 0) is 16.0 Å². The van der Waals surface area contributed by atoms with Crippen molar-refractivity contribution in [1.82, 2.24) is 10.2 Å². The second kappa shape index (κ2) is 9.42. The molecular weight excluding hydrogens is 330 g/mol. The highest BCUT2D eigenvalue weighted by Crippen LogP contribution is 2.18. The Morgan fingerprint density at radius 3 is 2.69 bits per heavy atom. The van der Waals surface area contributed by atoms with E-state index >= 15 is 0 Å². The van der Waals surface area contributed by atoms with Crippen LogP contribution in [0.15, 0.2) is 15.5 Å². The summed E-state index contributed by atoms with van der Waals surface area (Å²) in [6.07, 6.45) is 6.33. The van der Waals surface area contributed by atoms with E-state index in [0.29, 0.717) is 12.2 Å². The first-order chi connectivity index (χ1) is 12.7. The number of likely N-dealkylation sites (tertiary alicyclic amines) is 1. The number of rotatable bonds is 5. The van der Waals surface area contributed by atoms with E-state index in [1.807, 2.05) is 20.9 Å². The van der Waals surface area contributed by atoms with Gasteiger partial charge in [-0.25, -0.2) is 0 Å². The van der Waals surface area contributed by atoms with E-state index in [4.69, 9.17) is 13.9 Å². The van der Waals surface area contributed by atoms with Crippen LogP contribution in [0, 0.1) is 13.8 Å². The van der Waals surface area contributed by atoms with Gasteiger partial charge in [-0.15, -0.1) is 0 Å². The smallest absolute Gasteiger partial charge is 0.193 e. The van der Waals surface area contributed by atoms with E-state index in [9.17, 15) is 0 Å². The Morgan fingerprint density at radius 2 is 2.08 bits per heavy atom. The second-order valence-corrected chi connectivity index (χ2v) is 7.35. The fraction of sp³-hybridized carbons (Fsp3) is 0.750. The molecule has 6 nitrogen and oxygen atoms in total. The van der Waals surface area contributed by atoms with E-state index in [2.05, 4.69) is 21.3 Å². The van der Waals surface area contributed by atoms with Crippen molar-refractivity contribution < 1.29 is 13.9 Å². The molecule has 0 amide bonds. The number of aliphatic imine (C=N–C) groups is 1. The second-order valence-electron chi connectivity index (χ2n) is 7.35. The number of nitrogens with zero attached hydrogens (tertiary/aromatic N) is 2. The van der Waals surface area contributed by atoms with Crippen molar-refractivity contribution in [3.63, 3.8) is 0 Å². The molecule has 2 fully saturated rings. The monoisotopic (exact) mass is 363 g/mol. The Labute approximate surface area is 156 Å². The minimum atomic E-state index is 0.304. The lowest BCUT2D eigenvalue weighted by Gasteiger charge is -2.35. The first-order valence-electron chi connectivity index (χ1n) is 9.90. The van der Waals surface area contributed by atoms with Gasteiger partial charge in [0.1, 0.15) is 11.5 Å². The van der Waals surface area contributed by atoms with Crippen LogP contribution < -0.4 is 5.32 Å². The van der Waals surface area contributed by atoms with E-state index in [-0.39, 0.29) is 0 Å². The number of piperidine rings is 1. The van der Waals surface area contributed by atoms with Crippen LogP contribution in [0.4, 0.5) is 0 Å². The average Bonchev–Trinajstić information content (AvgIpc) is 2.99. The number of aryl methyl sites for hydroxylation is 2. The molecular formula is C20H33N3O3. The third kappa shape index (κ3) is 5.24. The Hall–Kier alpha value is -1.53. The molecule has 2 aliphatic heterocycles. The van der Waals surface area contributed by atoms with Gasteiger partial charge in [-0.1, -0.05) is 0 Å². The minimum Gasteiger partial charge on any atom is -0.466 e. The van der Waals surface area contributed by atoms with Gasteiger partial charge in [0.2, 0.25) is 0 Å². The van der Waals surface area contributed by atoms with E-state index in [1.54, 1.807) is 0 Å². The summed E-state index contributed by atoms with van der Waals surface area (Å²) >= 11 is 0. The molecule has 1 aromatic heterocycles. The van der Waals surface area contributed by atoms with Crippen molar-refractivity contribution in [3.05, 3.63) is 23.2 Å². The first kappa shape index (κ1) is 19.2. The highest BCUT2D eigenvalue weighted by Gasteiger charge is 2.23. The SMILES string of the molecule is CN=C(NCc1cc(C)oc1C)N1CCC(OCC2CCCCO2)CC1. The maximum Gasteiger partial charge on any atom is 0.193 e. The molecule has 1 atom stereocenters. The lowest BCUT2D eigenvalue weighted by Crippen LogP contribution is -2.47. The van der Waals surface area contributed by atoms with E-state index < -0.39 is 0 Å². The number of ether oxygens (including phenoxy) is 2. The summed E-state index contributed by atoms with van der Waals surface area (Å²) in [5.41, 5.74) is 1.19. The first-order valence-corrected chi connectivity index (χ1v) is 9.90. The third-order valence-corrected chi connectivity index (χ3v) is 5.33. The Kier molecular flexibility index (Phi) is 6.97. The molecule has 0 radical (unpaired) electrons. The van der Waals surface area contributed by atoms with Gasteiger partial charge in [0.15, 0.2) is 5.96 Å². The molecule has 146 valence electrons. The zero-order valence-electron chi connectivity index (χ0n) is 16.4. The van der Waals surface area contributed by atoms with Crippen LogP contribution in [-0.4, -0.2) is 56.4 Å². The lowest BCUT2D eigenvalue weighted by molar-refractivity contribution is -0.0721. The minimum absolute atomic E-state index is 0.304. The summed E-state index contributed by atoms with van der Waals surface area (Å²) in [6.45, 7) is 8.31. The summed E-state index contributed by atoms with van der Waals surface area (Å²) < 4.78 is 17.5. The van der Waals surface area contributed by atoms with Crippen LogP contribution in [0.25, 0.3) is 0 Å². The van der Waals surface area contributed by atoms with Crippen LogP contribution in [0.1, 0.15) is 49.2 Å². The number of hydrogen-bond acceptors (Lipinski definition) is 4. The summed E-state index contributed by atoms with van der Waals surface area (Å²) in [6, 6.07) is 2.09. The fourth-order valence-electron chi connectivity index (χ4n) is 3.78. The van der Waals surface area contributed by atoms with Gasteiger partial charge in [-0.3, -0.25) is 4.99 Å². The summed E-state index contributed by atoms with van der Waals surface area (Å²) in [5.74, 6) is 2.88. The Bertz CT molecular complexity index is 585. The molecule has 3 rings (SSSR count). The molecule has 1 aromatic rings. The molecule has 0 bridgehead atoms. The number of furan rings is 1. The zero-order valence-corrected chi connectivity index (χ0v) is 16.4. The van der Waals surface area contributed by atoms with Crippen LogP contribution >= 0.6 is 0 Å². The Balaban J connectivity index is 1.40. The Morgan fingerprint density at radius 1 is 1.27 bits per heavy atom. The third-order valence-electron chi connectivity index (χ3n) is 5.33. The predicted molar refractivity (Wildman–Crippen MR) is 103 cm³/mol. The molecule has 0 spiro atoms. The predicted octanol–water partition coefficient (Wildman–Crippen LogP) is 3.02. The fourth-order valence-corrected chi connectivity index (χ4v) is 3.78. The lowest BCUT2D eigenvalue weighted by atomic mass is 10.1. The molecule has 2 saturated heterocycles. The van der Waals surface area contributed by atoms with Gasteiger partial charge < -0.3 is 24.1 Å². The van der Waals surface area contributed by atoms with Crippen molar-refractivity contribution >= 4 is 5.96 Å². The molecule has 1 N–H and O–H groups in total. The van der Waals surface area contributed by atoms with Crippen molar-refractivity contribution in [3.8, 4) is 0 Å². The quantitative estimate of drug-likeness (QED) is 0.644. The van der Waals surface area contributed by atoms with E-state index in [0.717, 1.165) is 69.6 Å². The van der Waals surface area contributed by atoms with Crippen LogP contribution in [0.3, 0.4) is 0 Å². The van der Waals surface area contributed by atoms with Gasteiger partial charge in [-0.05, 0) is 52.0 Å². The maximum absolute atomic E-state index is 6.11. The van der Waals surface area contributed by atoms with Crippen molar-refractivity contribution in [2.75, 3.05) is 33.4 Å². The van der Waals surface area contributed by atoms with Crippen LogP contribution in [0.5, 0.6) is 0 Å². The number of hydrogen-bond donors (Lipinski definition) is 1. The van der Waals surface area contributed by atoms with Crippen molar-refractivity contribution in [2.45, 2.75) is 64.7 Å². The number of guanidine groups is 1. The molecule has 2 aliphatic rings. The zero-order chi connectivity index (χ0) is 18.4. The van der Waals surface area contributed by atoms with Crippen molar-refractivity contribution in [2.24, 2.45) is 4.99 Å². The van der Waals surface area contributed by atoms with Gasteiger partial charge in [0.25, 0.3) is 0 Å². The van der Waals surface area contributed by atoms with E-state index in [1.165, 1.54) is 18.4 Å². The van der Waals surface area contributed by atoms with Gasteiger partial charge in [-0.2, -0.15) is 0 Å². The van der Waals surface area contributed by atoms with Gasteiger partial charge in [0, 0.05) is 38.9 Å². The largest absolute Gasteiger partial charge is 0.466 e. The average molecular weight is 364 g/mol. The molecule has 0 aliphatic carbocycles. The van der Waals surface area contributed by atoms with Crippen molar-refractivity contribution in [1.29, 1.82) is 0 Å². The molecule has 26 heavy (non-hydrogen) atoms.